The Morgan fingerprint density at radius 1 is 0.800 bits per heavy atom. The highest BCUT2D eigenvalue weighted by Gasteiger charge is 2.21. The summed E-state index contributed by atoms with van der Waals surface area (Å²) in [5.41, 5.74) is 2.04. The van der Waals surface area contributed by atoms with Crippen molar-refractivity contribution in [3.63, 3.8) is 0 Å². The molecule has 0 saturated heterocycles. The molecule has 176 valence electrons. The van der Waals surface area contributed by atoms with Crippen molar-refractivity contribution >= 4 is 34.4 Å². The SMILES string of the molecule is Cn1c(Oc2ccc(-c3ccccc3)cc2)nc2c1c(=O)n(Cc1c(Cl)cccc1Cl)c(=O)n2C. The normalized spacial score (nSPS) is 11.2. The molecule has 0 atom stereocenters. The molecule has 0 aliphatic rings. The molecule has 2 heterocycles. The van der Waals surface area contributed by atoms with Crippen LogP contribution in [0.1, 0.15) is 5.56 Å². The van der Waals surface area contributed by atoms with Gasteiger partial charge in [-0.1, -0.05) is 71.7 Å². The number of aromatic nitrogens is 4. The average molecular weight is 507 g/mol. The maximum Gasteiger partial charge on any atom is 0.332 e. The number of halogens is 2. The molecule has 7 nitrogen and oxygen atoms in total. The van der Waals surface area contributed by atoms with E-state index in [9.17, 15) is 9.59 Å². The van der Waals surface area contributed by atoms with Gasteiger partial charge in [0.15, 0.2) is 11.2 Å². The van der Waals surface area contributed by atoms with Crippen molar-refractivity contribution in [1.29, 1.82) is 0 Å². The molecule has 0 bridgehead atoms. The molecule has 0 radical (unpaired) electrons. The largest absolute Gasteiger partial charge is 0.425 e. The van der Waals surface area contributed by atoms with Gasteiger partial charge in [0.1, 0.15) is 5.75 Å². The molecule has 0 aliphatic carbocycles. The van der Waals surface area contributed by atoms with E-state index in [1.807, 2.05) is 54.6 Å². The molecule has 0 N–H and O–H groups in total. The van der Waals surface area contributed by atoms with Gasteiger partial charge < -0.3 is 4.74 Å². The van der Waals surface area contributed by atoms with Crippen molar-refractivity contribution in [2.45, 2.75) is 6.54 Å². The van der Waals surface area contributed by atoms with E-state index < -0.39 is 11.2 Å². The Kier molecular flexibility index (Phi) is 5.96. The number of fused-ring (bicyclic) bond motifs is 1. The van der Waals surface area contributed by atoms with Gasteiger partial charge in [-0.3, -0.25) is 18.5 Å². The Balaban J connectivity index is 1.54. The van der Waals surface area contributed by atoms with E-state index in [-0.39, 0.29) is 23.7 Å². The van der Waals surface area contributed by atoms with Crippen molar-refractivity contribution in [2.75, 3.05) is 0 Å². The van der Waals surface area contributed by atoms with Crippen LogP contribution in [0.4, 0.5) is 0 Å². The summed E-state index contributed by atoms with van der Waals surface area (Å²) < 4.78 is 9.92. The van der Waals surface area contributed by atoms with Crippen molar-refractivity contribution in [1.82, 2.24) is 18.7 Å². The van der Waals surface area contributed by atoms with Gasteiger partial charge in [-0.2, -0.15) is 4.98 Å². The number of nitrogens with zero attached hydrogens (tertiary/aromatic N) is 4. The Hall–Kier alpha value is -3.81. The highest BCUT2D eigenvalue weighted by Crippen LogP contribution is 2.27. The van der Waals surface area contributed by atoms with Crippen LogP contribution in [0.25, 0.3) is 22.3 Å². The summed E-state index contributed by atoms with van der Waals surface area (Å²) in [5, 5.41) is 0.749. The monoisotopic (exact) mass is 506 g/mol. The summed E-state index contributed by atoms with van der Waals surface area (Å²) in [6, 6.07) is 22.8. The van der Waals surface area contributed by atoms with Crippen LogP contribution in [0.15, 0.2) is 82.4 Å². The molecular weight excluding hydrogens is 487 g/mol. The van der Waals surface area contributed by atoms with E-state index in [1.165, 1.54) is 9.13 Å². The van der Waals surface area contributed by atoms with Gasteiger partial charge in [-0.25, -0.2) is 4.79 Å². The molecule has 9 heteroatoms. The number of imidazole rings is 1. The van der Waals surface area contributed by atoms with Gasteiger partial charge in [0.2, 0.25) is 0 Å². The van der Waals surface area contributed by atoms with Gasteiger partial charge in [0.25, 0.3) is 5.56 Å². The fourth-order valence-electron chi connectivity index (χ4n) is 3.95. The molecule has 35 heavy (non-hydrogen) atoms. The maximum absolute atomic E-state index is 13.4. The molecular formula is C26H20Cl2N4O3. The molecule has 5 aromatic rings. The molecule has 0 fully saturated rings. The second-order valence-electron chi connectivity index (χ2n) is 8.05. The van der Waals surface area contributed by atoms with Crippen molar-refractivity contribution < 1.29 is 4.74 Å². The third-order valence-corrected chi connectivity index (χ3v) is 6.58. The van der Waals surface area contributed by atoms with Crippen LogP contribution < -0.4 is 16.0 Å². The lowest BCUT2D eigenvalue weighted by atomic mass is 10.1. The highest BCUT2D eigenvalue weighted by molar-refractivity contribution is 6.35. The first-order chi connectivity index (χ1) is 16.8. The first kappa shape index (κ1) is 23.0. The van der Waals surface area contributed by atoms with Crippen LogP contribution in [0, 0.1) is 0 Å². The molecule has 0 unspecified atom stereocenters. The average Bonchev–Trinajstić information content (AvgIpc) is 3.19. The zero-order valence-corrected chi connectivity index (χ0v) is 20.4. The minimum absolute atomic E-state index is 0.0672. The summed E-state index contributed by atoms with van der Waals surface area (Å²) in [7, 11) is 3.22. The second kappa shape index (κ2) is 9.09. The predicted octanol–water partition coefficient (Wildman–Crippen LogP) is 5.25. The highest BCUT2D eigenvalue weighted by atomic mass is 35.5. The van der Waals surface area contributed by atoms with Gasteiger partial charge in [-0.05, 0) is 35.4 Å². The van der Waals surface area contributed by atoms with Crippen LogP contribution in [0.3, 0.4) is 0 Å². The van der Waals surface area contributed by atoms with Gasteiger partial charge in [-0.15, -0.1) is 0 Å². The lowest BCUT2D eigenvalue weighted by Crippen LogP contribution is -2.40. The topological polar surface area (TPSA) is 71.1 Å². The van der Waals surface area contributed by atoms with Crippen LogP contribution in [-0.2, 0) is 20.6 Å². The van der Waals surface area contributed by atoms with Crippen molar-refractivity contribution in [3.8, 4) is 22.9 Å². The third-order valence-electron chi connectivity index (χ3n) is 5.87. The van der Waals surface area contributed by atoms with Gasteiger partial charge >= 0.3 is 11.7 Å². The quantitative estimate of drug-likeness (QED) is 0.326. The smallest absolute Gasteiger partial charge is 0.332 e. The number of ether oxygens (including phenoxy) is 1. The van der Waals surface area contributed by atoms with E-state index in [4.69, 9.17) is 27.9 Å². The Bertz CT molecular complexity index is 1650. The van der Waals surface area contributed by atoms with Crippen molar-refractivity contribution in [3.05, 3.63) is 109 Å². The Morgan fingerprint density at radius 2 is 1.43 bits per heavy atom. The lowest BCUT2D eigenvalue weighted by Gasteiger charge is -2.11. The van der Waals surface area contributed by atoms with Crippen LogP contribution >= 0.6 is 23.2 Å². The van der Waals surface area contributed by atoms with E-state index >= 15 is 0 Å². The number of hydrogen-bond acceptors (Lipinski definition) is 4. The second-order valence-corrected chi connectivity index (χ2v) is 8.87. The number of benzene rings is 3. The van der Waals surface area contributed by atoms with E-state index in [2.05, 4.69) is 4.98 Å². The summed E-state index contributed by atoms with van der Waals surface area (Å²) in [6.07, 6.45) is 0. The van der Waals surface area contributed by atoms with Crippen LogP contribution in [0.2, 0.25) is 10.0 Å². The van der Waals surface area contributed by atoms with Crippen molar-refractivity contribution in [2.24, 2.45) is 14.1 Å². The third kappa shape index (κ3) is 4.13. The van der Waals surface area contributed by atoms with E-state index in [0.29, 0.717) is 21.4 Å². The predicted molar refractivity (Wildman–Crippen MR) is 138 cm³/mol. The fourth-order valence-corrected chi connectivity index (χ4v) is 4.46. The number of rotatable bonds is 5. The Labute approximate surface area is 210 Å². The summed E-state index contributed by atoms with van der Waals surface area (Å²) in [6.45, 7) is -0.0672. The number of hydrogen-bond donors (Lipinski definition) is 0. The van der Waals surface area contributed by atoms with E-state index in [0.717, 1.165) is 15.7 Å². The summed E-state index contributed by atoms with van der Waals surface area (Å²) >= 11 is 12.5. The van der Waals surface area contributed by atoms with Crippen LogP contribution in [-0.4, -0.2) is 18.7 Å². The zero-order valence-electron chi connectivity index (χ0n) is 18.9. The molecule has 0 aliphatic heterocycles. The molecule has 2 aromatic heterocycles. The zero-order chi connectivity index (χ0) is 24.7. The maximum atomic E-state index is 13.4. The number of aryl methyl sites for hydroxylation is 2. The standard InChI is InChI=1S/C26H20Cl2N4O3/c1-30-22-23(29-25(30)35-18-13-11-17(12-14-18)16-7-4-3-5-8-16)31(2)26(34)32(24(22)33)15-19-20(27)9-6-10-21(19)28/h3-14H,15H2,1-2H3. The molecule has 3 aromatic carbocycles. The fraction of sp³-hybridized carbons (Fsp3) is 0.115. The molecule has 0 spiro atoms. The van der Waals surface area contributed by atoms with Crippen LogP contribution in [0.5, 0.6) is 11.8 Å². The first-order valence-corrected chi connectivity index (χ1v) is 11.5. The molecule has 0 amide bonds. The summed E-state index contributed by atoms with van der Waals surface area (Å²) in [5.74, 6) is 0.552. The van der Waals surface area contributed by atoms with E-state index in [1.54, 1.807) is 32.3 Å². The Morgan fingerprint density at radius 3 is 2.09 bits per heavy atom. The van der Waals surface area contributed by atoms with Gasteiger partial charge in [0.05, 0.1) is 6.54 Å². The lowest BCUT2D eigenvalue weighted by molar-refractivity contribution is 0.427. The van der Waals surface area contributed by atoms with Gasteiger partial charge in [0, 0.05) is 29.7 Å². The molecule has 0 saturated carbocycles. The minimum Gasteiger partial charge on any atom is -0.425 e. The molecule has 5 rings (SSSR count). The first-order valence-electron chi connectivity index (χ1n) is 10.8. The minimum atomic E-state index is -0.532. The summed E-state index contributed by atoms with van der Waals surface area (Å²) in [4.78, 5) is 30.8.